The second-order valence-electron chi connectivity index (χ2n) is 5.92. The second kappa shape index (κ2) is 8.02. The van der Waals surface area contributed by atoms with Crippen LogP contribution in [0.5, 0.6) is 5.75 Å². The fourth-order valence-corrected chi connectivity index (χ4v) is 2.84. The van der Waals surface area contributed by atoms with Crippen molar-refractivity contribution in [3.8, 4) is 16.9 Å². The predicted molar refractivity (Wildman–Crippen MR) is 104 cm³/mol. The Morgan fingerprint density at radius 2 is 1.85 bits per heavy atom. The van der Waals surface area contributed by atoms with E-state index < -0.39 is 0 Å². The largest absolute Gasteiger partial charge is 0.497 e. The number of amides is 1. The Morgan fingerprint density at radius 3 is 2.54 bits per heavy atom. The summed E-state index contributed by atoms with van der Waals surface area (Å²) >= 11 is 5.93. The molecule has 4 nitrogen and oxygen atoms in total. The van der Waals surface area contributed by atoms with E-state index in [4.69, 9.17) is 16.3 Å². The number of hydrogen-bond acceptors (Lipinski definition) is 3. The van der Waals surface area contributed by atoms with E-state index in [2.05, 4.69) is 10.3 Å². The summed E-state index contributed by atoms with van der Waals surface area (Å²) in [7, 11) is 1.62. The number of methoxy groups -OCH3 is 1. The molecule has 132 valence electrons. The Balaban J connectivity index is 1.71. The van der Waals surface area contributed by atoms with Gasteiger partial charge in [-0.3, -0.25) is 4.79 Å². The Hall–Kier alpha value is -2.85. The van der Waals surface area contributed by atoms with Crippen molar-refractivity contribution in [1.82, 2.24) is 10.3 Å². The minimum absolute atomic E-state index is 0.125. The summed E-state index contributed by atoms with van der Waals surface area (Å²) < 4.78 is 5.23. The molecule has 1 aromatic heterocycles. The number of nitrogens with one attached hydrogen (secondary N) is 1. The maximum absolute atomic E-state index is 12.5. The molecule has 0 spiro atoms. The molecule has 3 aromatic rings. The van der Waals surface area contributed by atoms with Crippen LogP contribution in [0.4, 0.5) is 0 Å². The average Bonchev–Trinajstić information content (AvgIpc) is 2.68. The molecule has 1 atom stereocenters. The van der Waals surface area contributed by atoms with Crippen molar-refractivity contribution in [3.05, 3.63) is 83.1 Å². The lowest BCUT2D eigenvalue weighted by atomic mass is 10.0. The normalized spacial score (nSPS) is 11.7. The molecule has 0 aliphatic rings. The van der Waals surface area contributed by atoms with Crippen LogP contribution in [0.25, 0.3) is 11.1 Å². The van der Waals surface area contributed by atoms with Crippen molar-refractivity contribution >= 4 is 17.5 Å². The van der Waals surface area contributed by atoms with Crippen LogP contribution >= 0.6 is 11.6 Å². The third kappa shape index (κ3) is 4.21. The van der Waals surface area contributed by atoms with Gasteiger partial charge in [0.15, 0.2) is 0 Å². The van der Waals surface area contributed by atoms with Crippen molar-refractivity contribution < 1.29 is 9.53 Å². The molecule has 1 amide bonds. The minimum atomic E-state index is -0.128. The SMILES string of the molecule is COc1cccc(C(C)NC(=O)c2ccc(-c3ccnc(Cl)c3)cc2)c1. The number of pyridine rings is 1. The highest BCUT2D eigenvalue weighted by atomic mass is 35.5. The van der Waals surface area contributed by atoms with E-state index in [-0.39, 0.29) is 11.9 Å². The van der Waals surface area contributed by atoms with Crippen molar-refractivity contribution in [2.45, 2.75) is 13.0 Å². The fraction of sp³-hybridized carbons (Fsp3) is 0.143. The molecule has 0 radical (unpaired) electrons. The molecule has 5 heteroatoms. The highest BCUT2D eigenvalue weighted by Gasteiger charge is 2.12. The van der Waals surface area contributed by atoms with E-state index in [0.29, 0.717) is 10.7 Å². The molecule has 3 rings (SSSR count). The molecule has 0 aliphatic heterocycles. The molecule has 1 heterocycles. The van der Waals surface area contributed by atoms with Gasteiger partial charge in [0.25, 0.3) is 5.91 Å². The van der Waals surface area contributed by atoms with Gasteiger partial charge < -0.3 is 10.1 Å². The maximum atomic E-state index is 12.5. The molecule has 0 fully saturated rings. The molecule has 26 heavy (non-hydrogen) atoms. The van der Waals surface area contributed by atoms with Crippen LogP contribution in [-0.2, 0) is 0 Å². The number of rotatable bonds is 5. The summed E-state index contributed by atoms with van der Waals surface area (Å²) in [6.45, 7) is 1.94. The van der Waals surface area contributed by atoms with Gasteiger partial charge in [-0.1, -0.05) is 35.9 Å². The van der Waals surface area contributed by atoms with Gasteiger partial charge in [-0.25, -0.2) is 4.98 Å². The molecule has 0 aliphatic carbocycles. The minimum Gasteiger partial charge on any atom is -0.497 e. The summed E-state index contributed by atoms with van der Waals surface area (Å²) in [6.07, 6.45) is 1.66. The lowest BCUT2D eigenvalue weighted by Gasteiger charge is -2.15. The Bertz CT molecular complexity index is 910. The highest BCUT2D eigenvalue weighted by molar-refractivity contribution is 6.29. The second-order valence-corrected chi connectivity index (χ2v) is 6.30. The summed E-state index contributed by atoms with van der Waals surface area (Å²) in [5.74, 6) is 0.642. The monoisotopic (exact) mass is 366 g/mol. The quantitative estimate of drug-likeness (QED) is 0.653. The molecule has 1 unspecified atom stereocenters. The highest BCUT2D eigenvalue weighted by Crippen LogP contribution is 2.22. The number of ether oxygens (including phenoxy) is 1. The summed E-state index contributed by atoms with van der Waals surface area (Å²) in [5.41, 5.74) is 3.53. The third-order valence-corrected chi connectivity index (χ3v) is 4.36. The molecule has 0 saturated heterocycles. The van der Waals surface area contributed by atoms with Crippen LogP contribution in [0.1, 0.15) is 28.9 Å². The van der Waals surface area contributed by atoms with Gasteiger partial charge in [-0.05, 0) is 60.0 Å². The smallest absolute Gasteiger partial charge is 0.251 e. The van der Waals surface area contributed by atoms with Crippen LogP contribution in [0.15, 0.2) is 66.9 Å². The van der Waals surface area contributed by atoms with Crippen LogP contribution < -0.4 is 10.1 Å². The molecule has 0 saturated carbocycles. The number of aromatic nitrogens is 1. The first-order valence-corrected chi connectivity index (χ1v) is 8.61. The number of nitrogens with zero attached hydrogens (tertiary/aromatic N) is 1. The van der Waals surface area contributed by atoms with Gasteiger partial charge in [0.05, 0.1) is 13.2 Å². The van der Waals surface area contributed by atoms with Gasteiger partial charge in [0, 0.05) is 11.8 Å². The number of carbonyl (C=O) groups is 1. The predicted octanol–water partition coefficient (Wildman–Crippen LogP) is 4.90. The van der Waals surface area contributed by atoms with E-state index in [1.165, 1.54) is 0 Å². The lowest BCUT2D eigenvalue weighted by Crippen LogP contribution is -2.26. The number of hydrogen-bond donors (Lipinski definition) is 1. The van der Waals surface area contributed by atoms with Gasteiger partial charge in [-0.2, -0.15) is 0 Å². The van der Waals surface area contributed by atoms with Crippen LogP contribution in [0.2, 0.25) is 5.15 Å². The number of halogens is 1. The van der Waals surface area contributed by atoms with Crippen molar-refractivity contribution in [1.29, 1.82) is 0 Å². The fourth-order valence-electron chi connectivity index (χ4n) is 2.67. The van der Waals surface area contributed by atoms with Gasteiger partial charge in [0.2, 0.25) is 0 Å². The maximum Gasteiger partial charge on any atom is 0.251 e. The Labute approximate surface area is 157 Å². The van der Waals surface area contributed by atoms with Crippen LogP contribution in [-0.4, -0.2) is 18.0 Å². The van der Waals surface area contributed by atoms with Gasteiger partial charge >= 0.3 is 0 Å². The number of benzene rings is 2. The summed E-state index contributed by atoms with van der Waals surface area (Å²) in [5, 5.41) is 3.45. The third-order valence-electron chi connectivity index (χ3n) is 4.15. The zero-order valence-corrected chi connectivity index (χ0v) is 15.3. The van der Waals surface area contributed by atoms with E-state index in [1.54, 1.807) is 31.5 Å². The summed E-state index contributed by atoms with van der Waals surface area (Å²) in [4.78, 5) is 16.5. The molecule has 1 N–H and O–H groups in total. The molecule has 0 bridgehead atoms. The standard InChI is InChI=1S/C21H19ClN2O2/c1-14(17-4-3-5-19(12-17)26-2)24-21(25)16-8-6-15(7-9-16)18-10-11-23-20(22)13-18/h3-14H,1-2H3,(H,24,25). The number of carbonyl (C=O) groups excluding carboxylic acids is 1. The zero-order chi connectivity index (χ0) is 18.5. The van der Waals surface area contributed by atoms with Gasteiger partial charge in [-0.15, -0.1) is 0 Å². The van der Waals surface area contributed by atoms with E-state index >= 15 is 0 Å². The molecular weight excluding hydrogens is 348 g/mol. The molecule has 2 aromatic carbocycles. The van der Waals surface area contributed by atoms with E-state index in [9.17, 15) is 4.79 Å². The first kappa shape index (κ1) is 18.0. The van der Waals surface area contributed by atoms with Crippen molar-refractivity contribution in [3.63, 3.8) is 0 Å². The Morgan fingerprint density at radius 1 is 1.08 bits per heavy atom. The van der Waals surface area contributed by atoms with E-state index in [1.807, 2.05) is 49.4 Å². The van der Waals surface area contributed by atoms with Gasteiger partial charge in [0.1, 0.15) is 10.9 Å². The first-order chi connectivity index (χ1) is 12.6. The first-order valence-electron chi connectivity index (χ1n) is 8.23. The summed E-state index contributed by atoms with van der Waals surface area (Å²) in [6, 6.07) is 18.6. The topological polar surface area (TPSA) is 51.2 Å². The molecular formula is C21H19ClN2O2. The van der Waals surface area contributed by atoms with E-state index in [0.717, 1.165) is 22.4 Å². The van der Waals surface area contributed by atoms with Crippen molar-refractivity contribution in [2.24, 2.45) is 0 Å². The Kier molecular flexibility index (Phi) is 5.54. The van der Waals surface area contributed by atoms with Crippen LogP contribution in [0.3, 0.4) is 0 Å². The van der Waals surface area contributed by atoms with Crippen molar-refractivity contribution in [2.75, 3.05) is 7.11 Å². The lowest BCUT2D eigenvalue weighted by molar-refractivity contribution is 0.0940. The zero-order valence-electron chi connectivity index (χ0n) is 14.6. The average molecular weight is 367 g/mol. The van der Waals surface area contributed by atoms with Crippen LogP contribution in [0, 0.1) is 0 Å².